The van der Waals surface area contributed by atoms with Crippen LogP contribution in [0.1, 0.15) is 46.0 Å². The van der Waals surface area contributed by atoms with E-state index in [2.05, 4.69) is 10.6 Å². The van der Waals surface area contributed by atoms with E-state index in [1.54, 1.807) is 13.8 Å². The molecule has 0 heterocycles. The summed E-state index contributed by atoms with van der Waals surface area (Å²) in [6, 6.07) is -0.138. The van der Waals surface area contributed by atoms with Crippen LogP contribution < -0.4 is 10.6 Å². The van der Waals surface area contributed by atoms with Crippen LogP contribution in [0.25, 0.3) is 0 Å². The molecule has 1 rings (SSSR count). The second-order valence-electron chi connectivity index (χ2n) is 5.59. The standard InChI is InChI=1S/C13H26N2O3/c1-10(15-13(2,8-16)9-17)12(18)14-11-6-4-3-5-7-11/h10-11,15-17H,3-9H2,1-2H3,(H,14,18). The first kappa shape index (κ1) is 15.4. The van der Waals surface area contributed by atoms with Crippen LogP contribution in [0.5, 0.6) is 0 Å². The van der Waals surface area contributed by atoms with Gasteiger partial charge in [0.15, 0.2) is 0 Å². The lowest BCUT2D eigenvalue weighted by atomic mass is 9.95. The molecule has 1 atom stereocenters. The van der Waals surface area contributed by atoms with Crippen molar-refractivity contribution < 1.29 is 15.0 Å². The molecule has 0 bridgehead atoms. The molecule has 1 saturated carbocycles. The van der Waals surface area contributed by atoms with Gasteiger partial charge < -0.3 is 15.5 Å². The molecule has 0 saturated heterocycles. The molecule has 4 N–H and O–H groups in total. The largest absolute Gasteiger partial charge is 0.394 e. The van der Waals surface area contributed by atoms with Gasteiger partial charge in [0.25, 0.3) is 0 Å². The van der Waals surface area contributed by atoms with E-state index in [9.17, 15) is 15.0 Å². The molecular weight excluding hydrogens is 232 g/mol. The highest BCUT2D eigenvalue weighted by molar-refractivity contribution is 5.81. The number of aliphatic hydroxyl groups excluding tert-OH is 2. The fourth-order valence-electron chi connectivity index (χ4n) is 2.30. The molecule has 1 fully saturated rings. The quantitative estimate of drug-likeness (QED) is 0.547. The van der Waals surface area contributed by atoms with Gasteiger partial charge in [0.1, 0.15) is 0 Å². The van der Waals surface area contributed by atoms with Crippen LogP contribution in [0.2, 0.25) is 0 Å². The molecule has 1 aliphatic rings. The van der Waals surface area contributed by atoms with Crippen LogP contribution in [0.3, 0.4) is 0 Å². The second-order valence-corrected chi connectivity index (χ2v) is 5.59. The number of amides is 1. The van der Waals surface area contributed by atoms with E-state index in [-0.39, 0.29) is 25.2 Å². The first-order valence-corrected chi connectivity index (χ1v) is 6.80. The lowest BCUT2D eigenvalue weighted by Gasteiger charge is -2.31. The van der Waals surface area contributed by atoms with Crippen molar-refractivity contribution in [3.05, 3.63) is 0 Å². The highest BCUT2D eigenvalue weighted by Gasteiger charge is 2.28. The SMILES string of the molecule is CC(NC(C)(CO)CO)C(=O)NC1CCCCC1. The minimum absolute atomic E-state index is 0.0602. The summed E-state index contributed by atoms with van der Waals surface area (Å²) in [5.41, 5.74) is -0.816. The third kappa shape index (κ3) is 4.55. The van der Waals surface area contributed by atoms with Crippen molar-refractivity contribution >= 4 is 5.91 Å². The van der Waals surface area contributed by atoms with Gasteiger partial charge in [-0.15, -0.1) is 0 Å². The van der Waals surface area contributed by atoms with Crippen molar-refractivity contribution in [3.63, 3.8) is 0 Å². The molecule has 1 aliphatic carbocycles. The molecule has 5 heteroatoms. The Kier molecular flexibility index (Phi) is 6.05. The summed E-state index contributed by atoms with van der Waals surface area (Å²) < 4.78 is 0. The van der Waals surface area contributed by atoms with Crippen LogP contribution in [0, 0.1) is 0 Å². The third-order valence-corrected chi connectivity index (χ3v) is 3.61. The van der Waals surface area contributed by atoms with E-state index in [0.29, 0.717) is 0 Å². The Balaban J connectivity index is 2.40. The molecule has 0 aliphatic heterocycles. The number of hydrogen-bond acceptors (Lipinski definition) is 4. The van der Waals surface area contributed by atoms with Gasteiger partial charge in [-0.1, -0.05) is 19.3 Å². The third-order valence-electron chi connectivity index (χ3n) is 3.61. The van der Waals surface area contributed by atoms with Crippen LogP contribution in [-0.2, 0) is 4.79 Å². The van der Waals surface area contributed by atoms with Crippen LogP contribution in [0.4, 0.5) is 0 Å². The van der Waals surface area contributed by atoms with Crippen molar-refractivity contribution in [3.8, 4) is 0 Å². The Morgan fingerprint density at radius 3 is 2.33 bits per heavy atom. The number of aliphatic hydroxyl groups is 2. The first-order chi connectivity index (χ1) is 8.50. The molecular formula is C13H26N2O3. The predicted molar refractivity (Wildman–Crippen MR) is 70.2 cm³/mol. The zero-order chi connectivity index (χ0) is 13.6. The lowest BCUT2D eigenvalue weighted by molar-refractivity contribution is -0.124. The van der Waals surface area contributed by atoms with Crippen LogP contribution in [0.15, 0.2) is 0 Å². The summed E-state index contributed by atoms with van der Waals surface area (Å²) in [5, 5.41) is 24.4. The van der Waals surface area contributed by atoms with E-state index in [1.165, 1.54) is 19.3 Å². The average Bonchev–Trinajstić information content (AvgIpc) is 2.39. The Morgan fingerprint density at radius 1 is 1.28 bits per heavy atom. The van der Waals surface area contributed by atoms with Gasteiger partial charge in [0, 0.05) is 6.04 Å². The summed E-state index contributed by atoms with van der Waals surface area (Å²) in [6.45, 7) is 3.04. The molecule has 18 heavy (non-hydrogen) atoms. The Labute approximate surface area is 109 Å². The summed E-state index contributed by atoms with van der Waals surface area (Å²) in [6.07, 6.45) is 5.72. The molecule has 0 spiro atoms. The Morgan fingerprint density at radius 2 is 1.83 bits per heavy atom. The summed E-state index contributed by atoms with van der Waals surface area (Å²) in [5.74, 6) is -0.0602. The highest BCUT2D eigenvalue weighted by Crippen LogP contribution is 2.17. The van der Waals surface area contributed by atoms with Gasteiger partial charge >= 0.3 is 0 Å². The van der Waals surface area contributed by atoms with Gasteiger partial charge in [-0.05, 0) is 26.7 Å². The minimum Gasteiger partial charge on any atom is -0.394 e. The van der Waals surface area contributed by atoms with Crippen molar-refractivity contribution in [2.75, 3.05) is 13.2 Å². The van der Waals surface area contributed by atoms with Crippen molar-refractivity contribution in [2.24, 2.45) is 0 Å². The van der Waals surface area contributed by atoms with Crippen LogP contribution >= 0.6 is 0 Å². The van der Waals surface area contributed by atoms with Crippen molar-refractivity contribution in [2.45, 2.75) is 63.6 Å². The molecule has 0 radical (unpaired) electrons. The summed E-state index contributed by atoms with van der Waals surface area (Å²) >= 11 is 0. The number of carbonyl (C=O) groups excluding carboxylic acids is 1. The molecule has 106 valence electrons. The monoisotopic (exact) mass is 258 g/mol. The predicted octanol–water partition coefficient (Wildman–Crippen LogP) is 0.157. The summed E-state index contributed by atoms with van der Waals surface area (Å²) in [4.78, 5) is 12.0. The number of hydrogen-bond donors (Lipinski definition) is 4. The number of rotatable bonds is 6. The van der Waals surface area contributed by atoms with E-state index in [0.717, 1.165) is 12.8 Å². The fraction of sp³-hybridized carbons (Fsp3) is 0.923. The number of nitrogens with one attached hydrogen (secondary N) is 2. The van der Waals surface area contributed by atoms with Crippen molar-refractivity contribution in [1.29, 1.82) is 0 Å². The molecule has 0 aromatic carbocycles. The normalized spacial score (nSPS) is 19.6. The maximum atomic E-state index is 12.0. The lowest BCUT2D eigenvalue weighted by Crippen LogP contribution is -2.57. The van der Waals surface area contributed by atoms with E-state index in [4.69, 9.17) is 0 Å². The fourth-order valence-corrected chi connectivity index (χ4v) is 2.30. The maximum absolute atomic E-state index is 12.0. The first-order valence-electron chi connectivity index (χ1n) is 6.80. The smallest absolute Gasteiger partial charge is 0.237 e. The zero-order valence-electron chi connectivity index (χ0n) is 11.4. The van der Waals surface area contributed by atoms with E-state index in [1.807, 2.05) is 0 Å². The molecule has 1 amide bonds. The molecule has 5 nitrogen and oxygen atoms in total. The van der Waals surface area contributed by atoms with Gasteiger partial charge in [-0.25, -0.2) is 0 Å². The van der Waals surface area contributed by atoms with Gasteiger partial charge in [0.05, 0.1) is 24.8 Å². The Hall–Kier alpha value is -0.650. The molecule has 0 aromatic heterocycles. The Bertz CT molecular complexity index is 261. The molecule has 0 aromatic rings. The highest BCUT2D eigenvalue weighted by atomic mass is 16.3. The van der Waals surface area contributed by atoms with E-state index < -0.39 is 11.6 Å². The van der Waals surface area contributed by atoms with Crippen molar-refractivity contribution in [1.82, 2.24) is 10.6 Å². The average molecular weight is 258 g/mol. The van der Waals surface area contributed by atoms with Gasteiger partial charge in [-0.2, -0.15) is 0 Å². The maximum Gasteiger partial charge on any atom is 0.237 e. The second kappa shape index (κ2) is 7.07. The van der Waals surface area contributed by atoms with Gasteiger partial charge in [0.2, 0.25) is 5.91 Å². The van der Waals surface area contributed by atoms with Gasteiger partial charge in [-0.3, -0.25) is 10.1 Å². The molecule has 1 unspecified atom stereocenters. The topological polar surface area (TPSA) is 81.6 Å². The summed E-state index contributed by atoms with van der Waals surface area (Å²) in [7, 11) is 0. The van der Waals surface area contributed by atoms with Crippen LogP contribution in [-0.4, -0.2) is 47.0 Å². The van der Waals surface area contributed by atoms with E-state index >= 15 is 0 Å². The zero-order valence-corrected chi connectivity index (χ0v) is 11.4. The minimum atomic E-state index is -0.816. The number of carbonyl (C=O) groups is 1.